The molecule has 0 bridgehead atoms. The SMILES string of the molecule is NS(=O)(=O)c1ccc(-c2nc(C(F)(F)F)cn2-c2ccc(Br)cc2)cc1. The Kier molecular flexibility index (Phi) is 4.67. The molecule has 0 atom stereocenters. The van der Waals surface area contributed by atoms with Crippen molar-refractivity contribution in [2.24, 2.45) is 5.14 Å². The fraction of sp³-hybridized carbons (Fsp3) is 0.0625. The molecule has 26 heavy (non-hydrogen) atoms. The lowest BCUT2D eigenvalue weighted by Crippen LogP contribution is -2.11. The number of hydrogen-bond donors (Lipinski definition) is 1. The van der Waals surface area contributed by atoms with Crippen LogP contribution in [0.3, 0.4) is 0 Å². The lowest BCUT2D eigenvalue weighted by atomic mass is 10.2. The van der Waals surface area contributed by atoms with Crippen LogP contribution in [0.1, 0.15) is 5.69 Å². The molecular formula is C16H11BrF3N3O2S. The first-order chi connectivity index (χ1) is 12.1. The summed E-state index contributed by atoms with van der Waals surface area (Å²) in [6, 6.07) is 11.8. The lowest BCUT2D eigenvalue weighted by Gasteiger charge is -2.08. The number of benzene rings is 2. The fourth-order valence-corrected chi connectivity index (χ4v) is 3.09. The number of hydrogen-bond acceptors (Lipinski definition) is 3. The average molecular weight is 446 g/mol. The second-order valence-electron chi connectivity index (χ2n) is 5.36. The third kappa shape index (κ3) is 3.81. The first-order valence-corrected chi connectivity index (χ1v) is 9.45. The van der Waals surface area contributed by atoms with Crippen molar-refractivity contribution >= 4 is 26.0 Å². The Hall–Kier alpha value is -2.17. The van der Waals surface area contributed by atoms with Crippen molar-refractivity contribution in [2.75, 3.05) is 0 Å². The molecule has 3 rings (SSSR count). The van der Waals surface area contributed by atoms with Gasteiger partial charge in [-0.15, -0.1) is 0 Å². The van der Waals surface area contributed by atoms with Crippen molar-refractivity contribution in [3.05, 3.63) is 64.9 Å². The number of imidazole rings is 1. The monoisotopic (exact) mass is 445 g/mol. The second-order valence-corrected chi connectivity index (χ2v) is 7.84. The lowest BCUT2D eigenvalue weighted by molar-refractivity contribution is -0.140. The number of halogens is 4. The third-order valence-electron chi connectivity index (χ3n) is 3.54. The first-order valence-electron chi connectivity index (χ1n) is 7.11. The van der Waals surface area contributed by atoms with E-state index in [1.807, 2.05) is 0 Å². The number of nitrogens with zero attached hydrogens (tertiary/aromatic N) is 2. The molecule has 2 N–H and O–H groups in total. The molecule has 10 heteroatoms. The average Bonchev–Trinajstić information content (AvgIpc) is 3.00. The van der Waals surface area contributed by atoms with E-state index >= 15 is 0 Å². The van der Waals surface area contributed by atoms with Crippen molar-refractivity contribution in [3.8, 4) is 17.1 Å². The summed E-state index contributed by atoms with van der Waals surface area (Å²) in [6.07, 6.45) is -3.72. The minimum atomic E-state index is -4.62. The maximum absolute atomic E-state index is 13.1. The third-order valence-corrected chi connectivity index (χ3v) is 5.00. The number of nitrogens with two attached hydrogens (primary N) is 1. The van der Waals surface area contributed by atoms with E-state index in [4.69, 9.17) is 5.14 Å². The minimum absolute atomic E-state index is 0.0283. The zero-order valence-electron chi connectivity index (χ0n) is 12.9. The molecule has 0 aliphatic heterocycles. The van der Waals surface area contributed by atoms with Crippen LogP contribution < -0.4 is 5.14 Å². The van der Waals surface area contributed by atoms with Crippen molar-refractivity contribution in [1.29, 1.82) is 0 Å². The van der Waals surface area contributed by atoms with Crippen LogP contribution in [0, 0.1) is 0 Å². The van der Waals surface area contributed by atoms with E-state index < -0.39 is 21.9 Å². The molecule has 0 aliphatic rings. The predicted molar refractivity (Wildman–Crippen MR) is 93.1 cm³/mol. The van der Waals surface area contributed by atoms with Gasteiger partial charge < -0.3 is 0 Å². The number of sulfonamides is 1. The van der Waals surface area contributed by atoms with Gasteiger partial charge >= 0.3 is 6.18 Å². The summed E-state index contributed by atoms with van der Waals surface area (Å²) < 4.78 is 64.1. The summed E-state index contributed by atoms with van der Waals surface area (Å²) in [7, 11) is -3.90. The van der Waals surface area contributed by atoms with E-state index in [0.717, 1.165) is 10.7 Å². The highest BCUT2D eigenvalue weighted by molar-refractivity contribution is 9.10. The van der Waals surface area contributed by atoms with Crippen LogP contribution in [0.2, 0.25) is 0 Å². The molecule has 0 radical (unpaired) electrons. The maximum Gasteiger partial charge on any atom is 0.434 e. The van der Waals surface area contributed by atoms with E-state index in [1.54, 1.807) is 24.3 Å². The predicted octanol–water partition coefficient (Wildman–Crippen LogP) is 3.97. The van der Waals surface area contributed by atoms with Gasteiger partial charge in [0.2, 0.25) is 10.0 Å². The van der Waals surface area contributed by atoms with E-state index in [-0.39, 0.29) is 10.7 Å². The molecule has 3 aromatic rings. The van der Waals surface area contributed by atoms with Gasteiger partial charge in [0.1, 0.15) is 5.82 Å². The molecule has 1 heterocycles. The van der Waals surface area contributed by atoms with Crippen molar-refractivity contribution < 1.29 is 21.6 Å². The van der Waals surface area contributed by atoms with Crippen LogP contribution in [-0.4, -0.2) is 18.0 Å². The van der Waals surface area contributed by atoms with Crippen LogP contribution in [0.15, 0.2) is 64.1 Å². The summed E-state index contributed by atoms with van der Waals surface area (Å²) >= 11 is 3.27. The quantitative estimate of drug-likeness (QED) is 0.662. The van der Waals surface area contributed by atoms with E-state index in [2.05, 4.69) is 20.9 Å². The van der Waals surface area contributed by atoms with Gasteiger partial charge in [0.25, 0.3) is 0 Å². The molecule has 5 nitrogen and oxygen atoms in total. The van der Waals surface area contributed by atoms with E-state index in [1.165, 1.54) is 28.8 Å². The second kappa shape index (κ2) is 6.53. The number of primary sulfonamides is 1. The van der Waals surface area contributed by atoms with Crippen molar-refractivity contribution in [2.45, 2.75) is 11.1 Å². The van der Waals surface area contributed by atoms with E-state index in [0.29, 0.717) is 11.3 Å². The van der Waals surface area contributed by atoms with Crippen molar-refractivity contribution in [3.63, 3.8) is 0 Å². The summed E-state index contributed by atoms with van der Waals surface area (Å²) in [6.45, 7) is 0. The minimum Gasteiger partial charge on any atom is -0.299 e. The smallest absolute Gasteiger partial charge is 0.299 e. The number of alkyl halides is 3. The number of aromatic nitrogens is 2. The molecular weight excluding hydrogens is 435 g/mol. The molecule has 0 amide bonds. The Balaban J connectivity index is 2.16. The fourth-order valence-electron chi connectivity index (χ4n) is 2.31. The highest BCUT2D eigenvalue weighted by Crippen LogP contribution is 2.33. The van der Waals surface area contributed by atoms with Crippen molar-refractivity contribution in [1.82, 2.24) is 9.55 Å². The Labute approximate surface area is 155 Å². The zero-order chi connectivity index (χ0) is 19.1. The molecule has 1 aromatic heterocycles. The molecule has 0 saturated carbocycles. The standard InChI is InChI=1S/C16H11BrF3N3O2S/c17-11-3-5-12(6-4-11)23-9-14(16(18,19)20)22-15(23)10-1-7-13(8-2-10)26(21,24)25/h1-9H,(H2,21,24,25). The topological polar surface area (TPSA) is 78.0 Å². The molecule has 0 spiro atoms. The Morgan fingerprint density at radius 2 is 1.58 bits per heavy atom. The molecule has 2 aromatic carbocycles. The maximum atomic E-state index is 13.1. The Morgan fingerprint density at radius 3 is 2.08 bits per heavy atom. The van der Waals surface area contributed by atoms with E-state index in [9.17, 15) is 21.6 Å². The first kappa shape index (κ1) is 18.6. The largest absolute Gasteiger partial charge is 0.434 e. The van der Waals surface area contributed by atoms with Crippen LogP contribution in [0.25, 0.3) is 17.1 Å². The van der Waals surface area contributed by atoms with Gasteiger partial charge in [0, 0.05) is 21.9 Å². The Morgan fingerprint density at radius 1 is 1.00 bits per heavy atom. The summed E-state index contributed by atoms with van der Waals surface area (Å²) in [5, 5.41) is 5.04. The summed E-state index contributed by atoms with van der Waals surface area (Å²) in [5.74, 6) is 0.0283. The van der Waals surface area contributed by atoms with Gasteiger partial charge in [-0.05, 0) is 48.5 Å². The zero-order valence-corrected chi connectivity index (χ0v) is 15.3. The molecule has 0 aliphatic carbocycles. The molecule has 0 unspecified atom stereocenters. The molecule has 136 valence electrons. The van der Waals surface area contributed by atoms with Crippen LogP contribution in [0.5, 0.6) is 0 Å². The normalized spacial score (nSPS) is 12.3. The number of rotatable bonds is 3. The van der Waals surface area contributed by atoms with Gasteiger partial charge in [0.15, 0.2) is 5.69 Å². The van der Waals surface area contributed by atoms with Gasteiger partial charge in [-0.2, -0.15) is 13.2 Å². The molecule has 0 saturated heterocycles. The van der Waals surface area contributed by atoms with Crippen LogP contribution in [-0.2, 0) is 16.2 Å². The van der Waals surface area contributed by atoms with Gasteiger partial charge in [-0.25, -0.2) is 18.5 Å². The van der Waals surface area contributed by atoms with Crippen LogP contribution in [0.4, 0.5) is 13.2 Å². The van der Waals surface area contributed by atoms with Gasteiger partial charge in [-0.1, -0.05) is 15.9 Å². The summed E-state index contributed by atoms with van der Waals surface area (Å²) in [5.41, 5.74) is -0.261. The summed E-state index contributed by atoms with van der Waals surface area (Å²) in [4.78, 5) is 3.55. The highest BCUT2D eigenvalue weighted by atomic mass is 79.9. The van der Waals surface area contributed by atoms with Gasteiger partial charge in [0.05, 0.1) is 4.90 Å². The van der Waals surface area contributed by atoms with Crippen LogP contribution >= 0.6 is 15.9 Å². The highest BCUT2D eigenvalue weighted by Gasteiger charge is 2.35. The van der Waals surface area contributed by atoms with Gasteiger partial charge in [-0.3, -0.25) is 4.57 Å². The molecule has 0 fully saturated rings. The Bertz CT molecular complexity index is 1040.